The number of aryl methyl sites for hydroxylation is 1. The second-order valence-corrected chi connectivity index (χ2v) is 3.46. The highest BCUT2D eigenvalue weighted by Gasteiger charge is 2.20. The minimum Gasteiger partial charge on any atom is -0.486 e. The summed E-state index contributed by atoms with van der Waals surface area (Å²) >= 11 is 0. The Bertz CT molecular complexity index is 322. The van der Waals surface area contributed by atoms with Crippen molar-refractivity contribution in [3.63, 3.8) is 0 Å². The Labute approximate surface area is 83.6 Å². The normalized spacial score (nSPS) is 19.4. The van der Waals surface area contributed by atoms with Gasteiger partial charge >= 0.3 is 0 Å². The molecule has 0 aromatic heterocycles. The molecule has 2 rings (SSSR count). The highest BCUT2D eigenvalue weighted by atomic mass is 16.6. The van der Waals surface area contributed by atoms with Crippen molar-refractivity contribution in [3.05, 3.63) is 23.8 Å². The first-order chi connectivity index (χ1) is 6.79. The molecule has 14 heavy (non-hydrogen) atoms. The summed E-state index contributed by atoms with van der Waals surface area (Å²) in [7, 11) is 1.66. The van der Waals surface area contributed by atoms with Crippen molar-refractivity contribution in [2.24, 2.45) is 0 Å². The second kappa shape index (κ2) is 3.88. The molecule has 76 valence electrons. The van der Waals surface area contributed by atoms with Gasteiger partial charge in [-0.25, -0.2) is 0 Å². The van der Waals surface area contributed by atoms with E-state index >= 15 is 0 Å². The Balaban J connectivity index is 2.16. The Morgan fingerprint density at radius 3 is 3.07 bits per heavy atom. The molecular weight excluding hydrogens is 180 g/mol. The standard InChI is InChI=1S/C11H14O3/c1-8-3-4-10-11(5-8)14-9(6-12-2)7-13-10/h3-5,9H,6-7H2,1-2H3. The van der Waals surface area contributed by atoms with Crippen molar-refractivity contribution >= 4 is 0 Å². The lowest BCUT2D eigenvalue weighted by molar-refractivity contribution is 0.0271. The van der Waals surface area contributed by atoms with Gasteiger partial charge < -0.3 is 14.2 Å². The Kier molecular flexibility index (Phi) is 2.59. The molecule has 0 radical (unpaired) electrons. The van der Waals surface area contributed by atoms with E-state index in [0.717, 1.165) is 11.5 Å². The molecule has 0 amide bonds. The Morgan fingerprint density at radius 1 is 1.43 bits per heavy atom. The summed E-state index contributed by atoms with van der Waals surface area (Å²) in [5, 5.41) is 0. The van der Waals surface area contributed by atoms with Gasteiger partial charge in [-0.3, -0.25) is 0 Å². The number of benzene rings is 1. The summed E-state index contributed by atoms with van der Waals surface area (Å²) in [6, 6.07) is 5.93. The lowest BCUT2D eigenvalue weighted by atomic mass is 10.2. The van der Waals surface area contributed by atoms with Gasteiger partial charge in [0.25, 0.3) is 0 Å². The smallest absolute Gasteiger partial charge is 0.162 e. The molecule has 0 saturated carbocycles. The quantitative estimate of drug-likeness (QED) is 0.718. The molecule has 3 nitrogen and oxygen atoms in total. The molecule has 3 heteroatoms. The molecule has 1 aromatic rings. The molecule has 1 atom stereocenters. The molecule has 1 unspecified atom stereocenters. The minimum atomic E-state index is 0.00861. The van der Waals surface area contributed by atoms with Crippen LogP contribution in [-0.4, -0.2) is 26.4 Å². The zero-order valence-corrected chi connectivity index (χ0v) is 8.45. The fourth-order valence-corrected chi connectivity index (χ4v) is 1.49. The molecule has 0 bridgehead atoms. The number of methoxy groups -OCH3 is 1. The highest BCUT2D eigenvalue weighted by Crippen LogP contribution is 2.32. The van der Waals surface area contributed by atoms with Gasteiger partial charge in [0.1, 0.15) is 6.61 Å². The van der Waals surface area contributed by atoms with Crippen molar-refractivity contribution in [1.82, 2.24) is 0 Å². The van der Waals surface area contributed by atoms with Gasteiger partial charge in [-0.1, -0.05) is 6.07 Å². The number of hydrogen-bond acceptors (Lipinski definition) is 3. The van der Waals surface area contributed by atoms with E-state index in [2.05, 4.69) is 0 Å². The predicted molar refractivity (Wildman–Crippen MR) is 53.0 cm³/mol. The van der Waals surface area contributed by atoms with Crippen LogP contribution in [0.1, 0.15) is 5.56 Å². The molecule has 0 aliphatic carbocycles. The molecule has 1 heterocycles. The van der Waals surface area contributed by atoms with E-state index in [1.807, 2.05) is 25.1 Å². The average Bonchev–Trinajstić information content (AvgIpc) is 2.17. The second-order valence-electron chi connectivity index (χ2n) is 3.46. The van der Waals surface area contributed by atoms with Crippen molar-refractivity contribution in [2.45, 2.75) is 13.0 Å². The summed E-state index contributed by atoms with van der Waals surface area (Å²) in [5.41, 5.74) is 1.17. The van der Waals surface area contributed by atoms with Crippen LogP contribution >= 0.6 is 0 Å². The minimum absolute atomic E-state index is 0.00861. The maximum absolute atomic E-state index is 5.70. The van der Waals surface area contributed by atoms with Crippen molar-refractivity contribution in [2.75, 3.05) is 20.3 Å². The Hall–Kier alpha value is -1.22. The van der Waals surface area contributed by atoms with E-state index in [4.69, 9.17) is 14.2 Å². The zero-order valence-electron chi connectivity index (χ0n) is 8.45. The van der Waals surface area contributed by atoms with Gasteiger partial charge in [0.2, 0.25) is 0 Å². The molecular formula is C11H14O3. The van der Waals surface area contributed by atoms with E-state index < -0.39 is 0 Å². The predicted octanol–water partition coefficient (Wildman–Crippen LogP) is 1.78. The number of rotatable bonds is 2. The third-order valence-electron chi connectivity index (χ3n) is 2.17. The highest BCUT2D eigenvalue weighted by molar-refractivity contribution is 5.43. The van der Waals surface area contributed by atoms with Crippen LogP contribution in [0.4, 0.5) is 0 Å². The summed E-state index contributed by atoms with van der Waals surface area (Å²) < 4.78 is 16.3. The molecule has 1 aromatic carbocycles. The van der Waals surface area contributed by atoms with Crippen LogP contribution in [0.25, 0.3) is 0 Å². The monoisotopic (exact) mass is 194 g/mol. The maximum Gasteiger partial charge on any atom is 0.162 e. The van der Waals surface area contributed by atoms with Crippen LogP contribution in [-0.2, 0) is 4.74 Å². The SMILES string of the molecule is COCC1COc2ccc(C)cc2O1. The summed E-state index contributed by atoms with van der Waals surface area (Å²) in [5.74, 6) is 1.64. The fraction of sp³-hybridized carbons (Fsp3) is 0.455. The first-order valence-electron chi connectivity index (χ1n) is 4.68. The van der Waals surface area contributed by atoms with Crippen LogP contribution in [0.15, 0.2) is 18.2 Å². The van der Waals surface area contributed by atoms with Crippen LogP contribution in [0, 0.1) is 6.92 Å². The largest absolute Gasteiger partial charge is 0.486 e. The van der Waals surface area contributed by atoms with Crippen molar-refractivity contribution < 1.29 is 14.2 Å². The Morgan fingerprint density at radius 2 is 2.29 bits per heavy atom. The number of fused-ring (bicyclic) bond motifs is 1. The molecule has 1 aliphatic rings. The third-order valence-corrected chi connectivity index (χ3v) is 2.17. The first-order valence-corrected chi connectivity index (χ1v) is 4.68. The van der Waals surface area contributed by atoms with Crippen molar-refractivity contribution in [1.29, 1.82) is 0 Å². The summed E-state index contributed by atoms with van der Waals surface area (Å²) in [4.78, 5) is 0. The van der Waals surface area contributed by atoms with Gasteiger partial charge in [0.15, 0.2) is 17.6 Å². The van der Waals surface area contributed by atoms with E-state index in [9.17, 15) is 0 Å². The van der Waals surface area contributed by atoms with E-state index in [-0.39, 0.29) is 6.10 Å². The van der Waals surface area contributed by atoms with Gasteiger partial charge in [-0.2, -0.15) is 0 Å². The first kappa shape index (κ1) is 9.34. The topological polar surface area (TPSA) is 27.7 Å². The van der Waals surface area contributed by atoms with E-state index in [0.29, 0.717) is 13.2 Å². The van der Waals surface area contributed by atoms with Gasteiger partial charge in [0.05, 0.1) is 6.61 Å². The van der Waals surface area contributed by atoms with Gasteiger partial charge in [0, 0.05) is 7.11 Å². The lowest BCUT2D eigenvalue weighted by Gasteiger charge is -2.26. The zero-order chi connectivity index (χ0) is 9.97. The van der Waals surface area contributed by atoms with Crippen LogP contribution < -0.4 is 9.47 Å². The third kappa shape index (κ3) is 1.82. The van der Waals surface area contributed by atoms with Crippen LogP contribution in [0.3, 0.4) is 0 Å². The maximum atomic E-state index is 5.70. The van der Waals surface area contributed by atoms with Crippen LogP contribution in [0.2, 0.25) is 0 Å². The number of hydrogen-bond donors (Lipinski definition) is 0. The van der Waals surface area contributed by atoms with Crippen LogP contribution in [0.5, 0.6) is 11.5 Å². The molecule has 0 spiro atoms. The van der Waals surface area contributed by atoms with E-state index in [1.165, 1.54) is 5.56 Å². The van der Waals surface area contributed by atoms with Crippen molar-refractivity contribution in [3.8, 4) is 11.5 Å². The lowest BCUT2D eigenvalue weighted by Crippen LogP contribution is -2.32. The molecule has 0 saturated heterocycles. The molecule has 1 aliphatic heterocycles. The number of ether oxygens (including phenoxy) is 3. The summed E-state index contributed by atoms with van der Waals surface area (Å²) in [6.45, 7) is 3.15. The fourth-order valence-electron chi connectivity index (χ4n) is 1.49. The summed E-state index contributed by atoms with van der Waals surface area (Å²) in [6.07, 6.45) is 0.00861. The average molecular weight is 194 g/mol. The van der Waals surface area contributed by atoms with E-state index in [1.54, 1.807) is 7.11 Å². The van der Waals surface area contributed by atoms with Gasteiger partial charge in [-0.15, -0.1) is 0 Å². The molecule has 0 N–H and O–H groups in total. The van der Waals surface area contributed by atoms with Gasteiger partial charge in [-0.05, 0) is 24.6 Å². The molecule has 0 fully saturated rings.